The van der Waals surface area contributed by atoms with Crippen LogP contribution in [0.5, 0.6) is 0 Å². The number of pyridine rings is 1. The molecule has 10 nitrogen and oxygen atoms in total. The minimum Gasteiger partial charge on any atom is -0.477 e. The standard InChI is InChI=1S/C20H23F2N5O5/c1-4-26-8-12(20(29)30)18(28)10-6-13(21)17(15(22)16(10)26)27-7-11(19(23)25-31-3)14(9-27)24-32-5-2/h6,8,11H,4-5,7,9H2,1-3H3,(H2,23,25)(H,29,30)/b24-14-. The first-order valence-electron chi connectivity index (χ1n) is 9.83. The fourth-order valence-electron chi connectivity index (χ4n) is 3.71. The number of amidine groups is 1. The Labute approximate surface area is 181 Å². The molecule has 172 valence electrons. The topological polar surface area (TPSA) is 132 Å². The Morgan fingerprint density at radius 3 is 2.69 bits per heavy atom. The summed E-state index contributed by atoms with van der Waals surface area (Å²) in [5, 5.41) is 16.6. The summed E-state index contributed by atoms with van der Waals surface area (Å²) in [6, 6.07) is 0.855. The molecule has 0 bridgehead atoms. The average Bonchev–Trinajstić information content (AvgIpc) is 3.16. The lowest BCUT2D eigenvalue weighted by atomic mass is 10.1. The smallest absolute Gasteiger partial charge is 0.341 e. The molecule has 1 aliphatic rings. The second kappa shape index (κ2) is 9.20. The predicted octanol–water partition coefficient (Wildman–Crippen LogP) is 1.75. The summed E-state index contributed by atoms with van der Waals surface area (Å²) in [4.78, 5) is 35.1. The number of halogens is 2. The number of hydrogen-bond acceptors (Lipinski definition) is 7. The molecule has 12 heteroatoms. The molecule has 1 atom stereocenters. The van der Waals surface area contributed by atoms with Crippen molar-refractivity contribution in [1.29, 1.82) is 0 Å². The Balaban J connectivity index is 2.19. The van der Waals surface area contributed by atoms with Gasteiger partial charge in [0.2, 0.25) is 5.43 Å². The van der Waals surface area contributed by atoms with Crippen molar-refractivity contribution in [3.63, 3.8) is 0 Å². The highest BCUT2D eigenvalue weighted by Crippen LogP contribution is 2.33. The van der Waals surface area contributed by atoms with Gasteiger partial charge in [-0.25, -0.2) is 13.6 Å². The van der Waals surface area contributed by atoms with Gasteiger partial charge in [0.1, 0.15) is 36.6 Å². The first-order valence-corrected chi connectivity index (χ1v) is 9.83. The molecule has 32 heavy (non-hydrogen) atoms. The maximum absolute atomic E-state index is 15.7. The van der Waals surface area contributed by atoms with Gasteiger partial charge in [-0.3, -0.25) is 4.79 Å². The van der Waals surface area contributed by atoms with Crippen molar-refractivity contribution >= 4 is 34.1 Å². The number of carboxylic acid groups (broad SMARTS) is 1. The molecule has 1 fully saturated rings. The van der Waals surface area contributed by atoms with Crippen LogP contribution >= 0.6 is 0 Å². The number of benzene rings is 1. The van der Waals surface area contributed by atoms with Gasteiger partial charge in [0.25, 0.3) is 0 Å². The Morgan fingerprint density at radius 1 is 1.38 bits per heavy atom. The number of anilines is 1. The van der Waals surface area contributed by atoms with Crippen molar-refractivity contribution in [3.8, 4) is 0 Å². The maximum Gasteiger partial charge on any atom is 0.341 e. The lowest BCUT2D eigenvalue weighted by Crippen LogP contribution is -2.31. The van der Waals surface area contributed by atoms with Gasteiger partial charge < -0.3 is 30.0 Å². The normalized spacial score (nSPS) is 17.9. The third-order valence-corrected chi connectivity index (χ3v) is 5.14. The molecule has 3 rings (SSSR count). The molecule has 0 spiro atoms. The van der Waals surface area contributed by atoms with Gasteiger partial charge in [0.05, 0.1) is 29.1 Å². The van der Waals surface area contributed by atoms with E-state index in [0.717, 1.165) is 12.3 Å². The number of aromatic carboxylic acids is 1. The number of nitrogens with two attached hydrogens (primary N) is 1. The van der Waals surface area contributed by atoms with Gasteiger partial charge in [-0.2, -0.15) is 0 Å². The highest BCUT2D eigenvalue weighted by atomic mass is 19.1. The van der Waals surface area contributed by atoms with Crippen molar-refractivity contribution in [3.05, 3.63) is 39.7 Å². The van der Waals surface area contributed by atoms with E-state index >= 15 is 8.78 Å². The van der Waals surface area contributed by atoms with Crippen LogP contribution in [0.4, 0.5) is 14.5 Å². The number of aryl methyl sites for hydroxylation is 1. The summed E-state index contributed by atoms with van der Waals surface area (Å²) in [5.41, 5.74) is 4.23. The Morgan fingerprint density at radius 2 is 2.09 bits per heavy atom. The number of oxime groups is 2. The van der Waals surface area contributed by atoms with E-state index in [1.807, 2.05) is 0 Å². The molecule has 0 aliphatic carbocycles. The van der Waals surface area contributed by atoms with Crippen molar-refractivity contribution < 1.29 is 28.4 Å². The quantitative estimate of drug-likeness (QED) is 0.372. The van der Waals surface area contributed by atoms with Crippen molar-refractivity contribution in [1.82, 2.24) is 4.57 Å². The van der Waals surface area contributed by atoms with Crippen LogP contribution in [0, 0.1) is 17.6 Å². The zero-order valence-corrected chi connectivity index (χ0v) is 17.8. The summed E-state index contributed by atoms with van der Waals surface area (Å²) in [6.45, 7) is 3.85. The molecule has 1 unspecified atom stereocenters. The molecule has 0 saturated carbocycles. The predicted molar refractivity (Wildman–Crippen MR) is 114 cm³/mol. The molecule has 3 N–H and O–H groups in total. The van der Waals surface area contributed by atoms with Gasteiger partial charge in [0, 0.05) is 19.3 Å². The lowest BCUT2D eigenvalue weighted by molar-refractivity contribution is 0.0694. The summed E-state index contributed by atoms with van der Waals surface area (Å²) < 4.78 is 32.0. The van der Waals surface area contributed by atoms with Crippen LogP contribution in [-0.4, -0.2) is 54.0 Å². The number of carboxylic acids is 1. The molecule has 0 amide bonds. The number of carbonyl (C=O) groups is 1. The van der Waals surface area contributed by atoms with Crippen LogP contribution < -0.4 is 16.1 Å². The number of hydrogen-bond donors (Lipinski definition) is 2. The van der Waals surface area contributed by atoms with Crippen LogP contribution in [0.3, 0.4) is 0 Å². The van der Waals surface area contributed by atoms with Crippen molar-refractivity contribution in [2.75, 3.05) is 31.7 Å². The fraction of sp³-hybridized carbons (Fsp3) is 0.400. The van der Waals surface area contributed by atoms with E-state index in [-0.39, 0.29) is 48.7 Å². The number of fused-ring (bicyclic) bond motifs is 1. The maximum atomic E-state index is 15.7. The third-order valence-electron chi connectivity index (χ3n) is 5.14. The lowest BCUT2D eigenvalue weighted by Gasteiger charge is -2.21. The van der Waals surface area contributed by atoms with E-state index in [1.165, 1.54) is 16.6 Å². The minimum absolute atomic E-state index is 0.00643. The number of nitrogens with zero attached hydrogens (tertiary/aromatic N) is 4. The van der Waals surface area contributed by atoms with Crippen LogP contribution in [0.2, 0.25) is 0 Å². The fourth-order valence-corrected chi connectivity index (χ4v) is 3.71. The zero-order chi connectivity index (χ0) is 23.6. The third kappa shape index (κ3) is 3.95. The van der Waals surface area contributed by atoms with E-state index in [2.05, 4.69) is 10.3 Å². The van der Waals surface area contributed by atoms with Gasteiger partial charge >= 0.3 is 5.97 Å². The van der Waals surface area contributed by atoms with Crippen molar-refractivity contribution in [2.24, 2.45) is 22.0 Å². The zero-order valence-electron chi connectivity index (χ0n) is 17.8. The Bertz CT molecular complexity index is 1180. The molecular formula is C20H23F2N5O5. The summed E-state index contributed by atoms with van der Waals surface area (Å²) in [7, 11) is 1.32. The summed E-state index contributed by atoms with van der Waals surface area (Å²) in [6.07, 6.45) is 1.05. The highest BCUT2D eigenvalue weighted by Gasteiger charge is 2.36. The van der Waals surface area contributed by atoms with Gasteiger partial charge in [-0.1, -0.05) is 10.3 Å². The van der Waals surface area contributed by atoms with E-state index in [0.29, 0.717) is 5.71 Å². The summed E-state index contributed by atoms with van der Waals surface area (Å²) >= 11 is 0. The SMILES string of the molecule is CCO/N=C1/CN(c2c(F)cc3c(=O)c(C(=O)O)cn(CC)c3c2F)CC1/C(N)=N\OC. The molecule has 1 aromatic carbocycles. The van der Waals surface area contributed by atoms with Gasteiger partial charge in [-0.05, 0) is 19.9 Å². The van der Waals surface area contributed by atoms with Crippen LogP contribution in [0.25, 0.3) is 10.9 Å². The van der Waals surface area contributed by atoms with Gasteiger partial charge in [0.15, 0.2) is 5.82 Å². The number of aromatic nitrogens is 1. The van der Waals surface area contributed by atoms with Crippen LogP contribution in [0.15, 0.2) is 27.4 Å². The summed E-state index contributed by atoms with van der Waals surface area (Å²) in [5.74, 6) is -4.04. The molecule has 2 heterocycles. The molecule has 0 radical (unpaired) electrons. The van der Waals surface area contributed by atoms with E-state index in [1.54, 1.807) is 13.8 Å². The van der Waals surface area contributed by atoms with E-state index < -0.39 is 34.5 Å². The van der Waals surface area contributed by atoms with Crippen LogP contribution in [-0.2, 0) is 16.2 Å². The van der Waals surface area contributed by atoms with Crippen LogP contribution in [0.1, 0.15) is 24.2 Å². The first-order chi connectivity index (χ1) is 15.2. The average molecular weight is 451 g/mol. The molecule has 2 aromatic rings. The largest absolute Gasteiger partial charge is 0.477 e. The molecular weight excluding hydrogens is 428 g/mol. The second-order valence-electron chi connectivity index (χ2n) is 7.01. The first kappa shape index (κ1) is 23.0. The number of rotatable bonds is 7. The molecule has 1 aromatic heterocycles. The monoisotopic (exact) mass is 451 g/mol. The van der Waals surface area contributed by atoms with E-state index in [4.69, 9.17) is 15.4 Å². The second-order valence-corrected chi connectivity index (χ2v) is 7.01. The van der Waals surface area contributed by atoms with Crippen molar-refractivity contribution in [2.45, 2.75) is 20.4 Å². The molecule has 1 aliphatic heterocycles. The minimum atomic E-state index is -1.48. The molecule has 1 saturated heterocycles. The Kier molecular flexibility index (Phi) is 6.61. The highest BCUT2D eigenvalue weighted by molar-refractivity contribution is 6.10. The van der Waals surface area contributed by atoms with Gasteiger partial charge in [-0.15, -0.1) is 0 Å². The van der Waals surface area contributed by atoms with E-state index in [9.17, 15) is 14.7 Å². The Hall–Kier alpha value is -3.70.